The normalized spacial score (nSPS) is 15.5. The number of nitrogens with zero attached hydrogens (tertiary/aromatic N) is 1. The smallest absolute Gasteiger partial charge is 0.253 e. The van der Waals surface area contributed by atoms with Crippen LogP contribution in [0.15, 0.2) is 39.9 Å². The third kappa shape index (κ3) is 3.12. The second kappa shape index (κ2) is 5.44. The van der Waals surface area contributed by atoms with E-state index in [1.54, 1.807) is 15.8 Å². The number of benzene rings is 1. The molecule has 0 unspecified atom stereocenters. The molecule has 6 heteroatoms. The van der Waals surface area contributed by atoms with Gasteiger partial charge in [-0.25, -0.2) is 8.42 Å². The highest BCUT2D eigenvalue weighted by Gasteiger charge is 2.38. The van der Waals surface area contributed by atoms with E-state index < -0.39 is 10.0 Å². The van der Waals surface area contributed by atoms with Gasteiger partial charge in [0.2, 0.25) is 0 Å². The molecular formula is C15H18N2O2S2. The lowest BCUT2D eigenvalue weighted by Gasteiger charge is -2.21. The van der Waals surface area contributed by atoms with E-state index >= 15 is 0 Å². The Balaban J connectivity index is 1.91. The van der Waals surface area contributed by atoms with Gasteiger partial charge in [0.05, 0.1) is 0 Å². The first-order chi connectivity index (χ1) is 9.96. The molecule has 1 aromatic carbocycles. The molecule has 112 valence electrons. The first kappa shape index (κ1) is 14.6. The predicted molar refractivity (Wildman–Crippen MR) is 85.7 cm³/mol. The minimum absolute atomic E-state index is 0.124. The molecule has 0 atom stereocenters. The van der Waals surface area contributed by atoms with Crippen LogP contribution < -0.4 is 5.73 Å². The van der Waals surface area contributed by atoms with Gasteiger partial charge in [-0.3, -0.25) is 0 Å². The van der Waals surface area contributed by atoms with E-state index in [1.165, 1.54) is 11.3 Å². The van der Waals surface area contributed by atoms with Crippen molar-refractivity contribution < 1.29 is 8.42 Å². The Labute approximate surface area is 129 Å². The Hall–Kier alpha value is -1.37. The molecule has 1 aromatic heterocycles. The largest absolute Gasteiger partial charge is 0.398 e. The Morgan fingerprint density at radius 2 is 2.10 bits per heavy atom. The van der Waals surface area contributed by atoms with Crippen LogP contribution in [0.5, 0.6) is 0 Å². The van der Waals surface area contributed by atoms with Crippen LogP contribution in [0.4, 0.5) is 5.69 Å². The van der Waals surface area contributed by atoms with Gasteiger partial charge in [-0.15, -0.1) is 11.3 Å². The minimum atomic E-state index is -3.46. The highest BCUT2D eigenvalue weighted by Crippen LogP contribution is 2.35. The molecule has 2 N–H and O–H groups in total. The number of aryl methyl sites for hydroxylation is 1. The summed E-state index contributed by atoms with van der Waals surface area (Å²) in [4.78, 5) is 0. The van der Waals surface area contributed by atoms with Crippen molar-refractivity contribution in [3.63, 3.8) is 0 Å². The van der Waals surface area contributed by atoms with Crippen LogP contribution in [0, 0.1) is 6.92 Å². The van der Waals surface area contributed by atoms with Crippen molar-refractivity contribution in [2.45, 2.75) is 36.6 Å². The van der Waals surface area contributed by atoms with Crippen LogP contribution in [-0.2, 0) is 16.6 Å². The molecule has 0 bridgehead atoms. The molecular weight excluding hydrogens is 304 g/mol. The molecule has 21 heavy (non-hydrogen) atoms. The van der Waals surface area contributed by atoms with Gasteiger partial charge in [0.1, 0.15) is 4.21 Å². The molecule has 2 aromatic rings. The second-order valence-electron chi connectivity index (χ2n) is 5.47. The van der Waals surface area contributed by atoms with Gasteiger partial charge in [0, 0.05) is 23.7 Å². The standard InChI is InChI=1S/C15H18N2O2S2/c1-11-3-2-4-12(7-11)9-17(14-5-6-14)21(18,19)15-8-13(16)10-20-15/h2-4,7-8,10,14H,5-6,9,16H2,1H3. The van der Waals surface area contributed by atoms with Crippen LogP contribution in [-0.4, -0.2) is 18.8 Å². The number of nitrogen functional groups attached to an aromatic ring is 1. The molecule has 1 aliphatic rings. The summed E-state index contributed by atoms with van der Waals surface area (Å²) in [5.74, 6) is 0. The Morgan fingerprint density at radius 3 is 2.67 bits per heavy atom. The number of hydrogen-bond acceptors (Lipinski definition) is 4. The first-order valence-corrected chi connectivity index (χ1v) is 9.20. The Morgan fingerprint density at radius 1 is 1.33 bits per heavy atom. The summed E-state index contributed by atoms with van der Waals surface area (Å²) in [5.41, 5.74) is 8.33. The van der Waals surface area contributed by atoms with Gasteiger partial charge in [0.25, 0.3) is 10.0 Å². The third-order valence-electron chi connectivity index (χ3n) is 3.53. The van der Waals surface area contributed by atoms with Gasteiger partial charge < -0.3 is 5.73 Å². The third-order valence-corrected chi connectivity index (χ3v) is 6.87. The molecule has 0 amide bonds. The predicted octanol–water partition coefficient (Wildman–Crippen LogP) is 2.99. The fourth-order valence-electron chi connectivity index (χ4n) is 2.34. The zero-order valence-electron chi connectivity index (χ0n) is 11.8. The van der Waals surface area contributed by atoms with Crippen molar-refractivity contribution in [3.8, 4) is 0 Å². The number of sulfonamides is 1. The van der Waals surface area contributed by atoms with Crippen LogP contribution >= 0.6 is 11.3 Å². The quantitative estimate of drug-likeness (QED) is 0.920. The zero-order chi connectivity index (χ0) is 15.0. The number of hydrogen-bond donors (Lipinski definition) is 1. The second-order valence-corrected chi connectivity index (χ2v) is 8.50. The SMILES string of the molecule is Cc1cccc(CN(C2CC2)S(=O)(=O)c2cc(N)cs2)c1. The molecule has 4 nitrogen and oxygen atoms in total. The van der Waals surface area contributed by atoms with E-state index in [2.05, 4.69) is 0 Å². The maximum absolute atomic E-state index is 12.8. The summed E-state index contributed by atoms with van der Waals surface area (Å²) in [5, 5.41) is 1.67. The van der Waals surface area contributed by atoms with E-state index in [1.807, 2.05) is 31.2 Å². The summed E-state index contributed by atoms with van der Waals surface area (Å²) in [6.45, 7) is 2.44. The van der Waals surface area contributed by atoms with Crippen LogP contribution in [0.2, 0.25) is 0 Å². The lowest BCUT2D eigenvalue weighted by Crippen LogP contribution is -2.32. The number of rotatable bonds is 5. The summed E-state index contributed by atoms with van der Waals surface area (Å²) in [7, 11) is -3.46. The number of anilines is 1. The molecule has 1 saturated carbocycles. The van der Waals surface area contributed by atoms with Crippen molar-refractivity contribution in [3.05, 3.63) is 46.8 Å². The average Bonchev–Trinajstić information content (AvgIpc) is 3.16. The Bertz CT molecular complexity index is 749. The highest BCUT2D eigenvalue weighted by atomic mass is 32.2. The van der Waals surface area contributed by atoms with Gasteiger partial charge in [-0.2, -0.15) is 4.31 Å². The molecule has 0 saturated heterocycles. The summed E-state index contributed by atoms with van der Waals surface area (Å²) in [6.07, 6.45) is 1.87. The van der Waals surface area contributed by atoms with Crippen LogP contribution in [0.25, 0.3) is 0 Å². The number of thiophene rings is 1. The first-order valence-electron chi connectivity index (χ1n) is 6.88. The monoisotopic (exact) mass is 322 g/mol. The van der Waals surface area contributed by atoms with Crippen molar-refractivity contribution in [1.29, 1.82) is 0 Å². The lowest BCUT2D eigenvalue weighted by molar-refractivity contribution is 0.400. The van der Waals surface area contributed by atoms with Crippen molar-refractivity contribution in [1.82, 2.24) is 4.31 Å². The van der Waals surface area contributed by atoms with Crippen molar-refractivity contribution in [2.75, 3.05) is 5.73 Å². The molecule has 1 fully saturated rings. The van der Waals surface area contributed by atoms with E-state index in [4.69, 9.17) is 5.73 Å². The van der Waals surface area contributed by atoms with Crippen molar-refractivity contribution in [2.24, 2.45) is 0 Å². The van der Waals surface area contributed by atoms with E-state index in [-0.39, 0.29) is 6.04 Å². The minimum Gasteiger partial charge on any atom is -0.398 e. The van der Waals surface area contributed by atoms with E-state index in [0.29, 0.717) is 16.4 Å². The summed E-state index contributed by atoms with van der Waals surface area (Å²) >= 11 is 1.19. The molecule has 1 heterocycles. The van der Waals surface area contributed by atoms with Crippen molar-refractivity contribution >= 4 is 27.0 Å². The lowest BCUT2D eigenvalue weighted by atomic mass is 10.1. The van der Waals surface area contributed by atoms with E-state index in [0.717, 1.165) is 24.0 Å². The fourth-order valence-corrected chi connectivity index (χ4v) is 5.23. The molecule has 3 rings (SSSR count). The van der Waals surface area contributed by atoms with Crippen LogP contribution in [0.1, 0.15) is 24.0 Å². The van der Waals surface area contributed by atoms with Gasteiger partial charge >= 0.3 is 0 Å². The maximum atomic E-state index is 12.8. The average molecular weight is 322 g/mol. The molecule has 0 spiro atoms. The molecule has 1 aliphatic carbocycles. The maximum Gasteiger partial charge on any atom is 0.253 e. The van der Waals surface area contributed by atoms with E-state index in [9.17, 15) is 8.42 Å². The van der Waals surface area contributed by atoms with Gasteiger partial charge in [0.15, 0.2) is 0 Å². The van der Waals surface area contributed by atoms with Gasteiger partial charge in [-0.05, 0) is 31.4 Å². The zero-order valence-corrected chi connectivity index (χ0v) is 13.5. The Kier molecular flexibility index (Phi) is 3.77. The fraction of sp³-hybridized carbons (Fsp3) is 0.333. The topological polar surface area (TPSA) is 63.4 Å². The summed E-state index contributed by atoms with van der Waals surface area (Å²) < 4.78 is 27.5. The summed E-state index contributed by atoms with van der Waals surface area (Å²) in [6, 6.07) is 9.66. The van der Waals surface area contributed by atoms with Crippen LogP contribution in [0.3, 0.4) is 0 Å². The molecule has 0 radical (unpaired) electrons. The number of nitrogens with two attached hydrogens (primary N) is 1. The van der Waals surface area contributed by atoms with Gasteiger partial charge in [-0.1, -0.05) is 29.8 Å². The molecule has 0 aliphatic heterocycles. The highest BCUT2D eigenvalue weighted by molar-refractivity contribution is 7.91.